The van der Waals surface area contributed by atoms with Crippen LogP contribution in [0.4, 0.5) is 9.59 Å². The number of benzene rings is 1. The number of phenolic OH excluding ortho intramolecular Hbond substituents is 1. The molecule has 4 aliphatic rings. The van der Waals surface area contributed by atoms with Crippen molar-refractivity contribution in [3.8, 4) is 5.75 Å². The number of hydrogen-bond donors (Lipinski definition) is 17. The first-order valence-corrected chi connectivity index (χ1v) is 34.9. The Hall–Kier alpha value is -9.65. The molecule has 3 aliphatic heterocycles. The van der Waals surface area contributed by atoms with E-state index < -0.39 is 176 Å². The zero-order valence-electron chi connectivity index (χ0n) is 59.3. The lowest BCUT2D eigenvalue weighted by Gasteiger charge is -2.38. The minimum atomic E-state index is -1.79. The van der Waals surface area contributed by atoms with Crippen LogP contribution >= 0.6 is 0 Å². The molecule has 1 aliphatic carbocycles. The number of carbonyl (C=O) groups excluding carboxylic acids is 8. The smallest absolute Gasteiger partial charge is 0.415 e. The summed E-state index contributed by atoms with van der Waals surface area (Å²) < 4.78 is 0. The summed E-state index contributed by atoms with van der Waals surface area (Å²) in [5.74, 6) is -12.8. The van der Waals surface area contributed by atoms with E-state index in [1.807, 2.05) is 0 Å². The Kier molecular flexibility index (Phi) is 32.4. The van der Waals surface area contributed by atoms with Crippen LogP contribution in [0.3, 0.4) is 0 Å². The van der Waals surface area contributed by atoms with Gasteiger partial charge in [-0.2, -0.15) is 0 Å². The van der Waals surface area contributed by atoms with Crippen molar-refractivity contribution in [2.45, 2.75) is 173 Å². The standard InChI is InChI=1S/C66H106N18O19/c1-37(2)31-45(61(99)100)75-58(96)53(66(3,4)5)78-54(92)44(32-38-14-18-42(85)19-15-38)74-55(93)46-10-7-23-82(46)59(97)43(9-6-22-72-62(68)69)73-57(95)51(41-20-25-81(26-21-41)63(70)71)76-56(94)47-11-8-24-83(47)60(98)52(40-16-12-39(33-67)13-17-40)77-64(101)84(65(102)103)30-29-79(34-48(86)87)27-28-80(35-49(88)89)36-50(90)91/h14-15,18-19,37,39-41,43-47,51-53,85H,6-13,16-17,20-36,67H2,1-5H3,(H3,70,71)(H,73,95)(H,74,93)(H,75,96)(H,76,94)(H,77,101)(H,78,92)(H,86,87)(H,88,89)(H,90,91)(H,99,100)(H,102,103)(H4,68,69,72)/t39?,40?,43-,44-,45-,46-,47-,51-,52-,53+/m0/s1. The number of nitrogens with two attached hydrogens (primary N) is 4. The van der Waals surface area contributed by atoms with Gasteiger partial charge in [-0.05, 0) is 137 Å². The van der Waals surface area contributed by atoms with Gasteiger partial charge >= 0.3 is 36.0 Å². The van der Waals surface area contributed by atoms with Gasteiger partial charge < -0.3 is 100 Å². The van der Waals surface area contributed by atoms with Crippen LogP contribution in [-0.4, -0.2) is 283 Å². The molecule has 0 unspecified atom stereocenters. The number of phenols is 1. The van der Waals surface area contributed by atoms with Crippen LogP contribution in [0.5, 0.6) is 5.75 Å². The van der Waals surface area contributed by atoms with Gasteiger partial charge in [-0.25, -0.2) is 19.3 Å². The summed E-state index contributed by atoms with van der Waals surface area (Å²) in [7, 11) is 0. The lowest BCUT2D eigenvalue weighted by molar-refractivity contribution is -0.144. The zero-order chi connectivity index (χ0) is 76.6. The SMILES string of the molecule is CC(C)C[C@H](NC(=O)[C@@H](NC(=O)[C@H](Cc1ccc(O)cc1)NC(=O)[C@@H]1CCCN1C(=O)[C@H](CCCN=C(N)N)NC(=O)[C@@H](NC(=O)[C@@H]1CCCN1C(=O)[C@@H](NC(=O)N(CCN(CCN(CC(=O)O)CC(=O)O)CC(=O)O)C(=O)O)C1CCC(CN)CC1)C1CCN(C(=N)N)CC1)C(C)(C)C)C(=O)O. The van der Waals surface area contributed by atoms with Gasteiger partial charge in [-0.1, -0.05) is 46.8 Å². The number of guanidine groups is 2. The number of carboxylic acids is 4. The van der Waals surface area contributed by atoms with Crippen molar-refractivity contribution in [1.29, 1.82) is 5.41 Å². The second kappa shape index (κ2) is 39.7. The molecular formula is C66H106N18O19. The quantitative estimate of drug-likeness (QED) is 0.0192. The number of piperidine rings is 1. The van der Waals surface area contributed by atoms with E-state index in [-0.39, 0.29) is 140 Å². The first-order valence-electron chi connectivity index (χ1n) is 34.9. The van der Waals surface area contributed by atoms with Crippen LogP contribution in [0, 0.1) is 34.5 Å². The Balaban J connectivity index is 1.44. The van der Waals surface area contributed by atoms with Crippen molar-refractivity contribution in [2.24, 2.45) is 57.0 Å². The fraction of sp³-hybridized carbons (Fsp3) is 0.682. The summed E-state index contributed by atoms with van der Waals surface area (Å²) in [6.07, 6.45) is 0.909. The Morgan fingerprint density at radius 1 is 0.602 bits per heavy atom. The van der Waals surface area contributed by atoms with Gasteiger partial charge in [0.15, 0.2) is 11.9 Å². The summed E-state index contributed by atoms with van der Waals surface area (Å²) in [5, 5.41) is 83.3. The molecule has 4 fully saturated rings. The number of likely N-dealkylation sites (tertiary alicyclic amines) is 3. The van der Waals surface area contributed by atoms with Gasteiger partial charge in [0.1, 0.15) is 54.1 Å². The fourth-order valence-electron chi connectivity index (χ4n) is 13.6. The molecule has 1 aromatic rings. The zero-order valence-corrected chi connectivity index (χ0v) is 59.3. The van der Waals surface area contributed by atoms with Crippen molar-refractivity contribution in [2.75, 3.05) is 85.1 Å². The van der Waals surface area contributed by atoms with Crippen LogP contribution in [0.2, 0.25) is 0 Å². The molecule has 0 bridgehead atoms. The molecule has 8 atom stereocenters. The van der Waals surface area contributed by atoms with Gasteiger partial charge in [0.2, 0.25) is 41.4 Å². The molecule has 574 valence electrons. The van der Waals surface area contributed by atoms with Gasteiger partial charge in [0.25, 0.3) is 0 Å². The molecule has 103 heavy (non-hydrogen) atoms. The van der Waals surface area contributed by atoms with Gasteiger partial charge in [-0.3, -0.25) is 68.1 Å². The summed E-state index contributed by atoms with van der Waals surface area (Å²) in [6.45, 7) is 5.45. The molecule has 5 rings (SSSR count). The largest absolute Gasteiger partial charge is 0.508 e. The third kappa shape index (κ3) is 26.3. The van der Waals surface area contributed by atoms with E-state index in [1.54, 1.807) is 39.5 Å². The Morgan fingerprint density at radius 3 is 1.64 bits per heavy atom. The highest BCUT2D eigenvalue weighted by Gasteiger charge is 2.46. The van der Waals surface area contributed by atoms with Crippen molar-refractivity contribution >= 4 is 89.3 Å². The number of nitrogens with zero attached hydrogens (tertiary/aromatic N) is 7. The molecule has 10 amide bonds. The van der Waals surface area contributed by atoms with E-state index >= 15 is 19.2 Å². The Morgan fingerprint density at radius 2 is 1.13 bits per heavy atom. The molecule has 3 heterocycles. The predicted octanol–water partition coefficient (Wildman–Crippen LogP) is -2.14. The maximum atomic E-state index is 15.3. The van der Waals surface area contributed by atoms with E-state index in [1.165, 1.54) is 39.0 Å². The molecule has 37 nitrogen and oxygen atoms in total. The van der Waals surface area contributed by atoms with Crippen molar-refractivity contribution in [3.05, 3.63) is 29.8 Å². The molecule has 37 heteroatoms. The number of aromatic hydroxyl groups is 1. The maximum Gasteiger partial charge on any atom is 0.415 e. The minimum absolute atomic E-state index is 0.00161. The molecule has 1 aromatic carbocycles. The van der Waals surface area contributed by atoms with Crippen LogP contribution < -0.4 is 54.8 Å². The summed E-state index contributed by atoms with van der Waals surface area (Å²) in [5.41, 5.74) is 22.7. The fourth-order valence-corrected chi connectivity index (χ4v) is 13.6. The van der Waals surface area contributed by atoms with E-state index in [2.05, 4.69) is 36.9 Å². The lowest BCUT2D eigenvalue weighted by Crippen LogP contribution is -2.62. The topological polar surface area (TPSA) is 575 Å². The molecule has 0 spiro atoms. The maximum absolute atomic E-state index is 15.3. The third-order valence-electron chi connectivity index (χ3n) is 19.1. The molecule has 0 radical (unpaired) electrons. The monoisotopic (exact) mass is 1450 g/mol. The number of amides is 10. The number of aliphatic imine (C=N–C) groups is 1. The third-order valence-corrected chi connectivity index (χ3v) is 19.1. The number of rotatable bonds is 37. The van der Waals surface area contributed by atoms with Crippen LogP contribution in [0.15, 0.2) is 29.3 Å². The van der Waals surface area contributed by atoms with Gasteiger partial charge in [0.05, 0.1) is 19.6 Å². The highest BCUT2D eigenvalue weighted by Crippen LogP contribution is 2.33. The minimum Gasteiger partial charge on any atom is -0.508 e. The second-order valence-electron chi connectivity index (χ2n) is 28.4. The summed E-state index contributed by atoms with van der Waals surface area (Å²) >= 11 is 0. The average Bonchev–Trinajstić information content (AvgIpc) is 1.71. The number of carboxylic acid groups (broad SMARTS) is 5. The highest BCUT2D eigenvalue weighted by molar-refractivity contribution is 5.99. The van der Waals surface area contributed by atoms with E-state index in [0.29, 0.717) is 42.7 Å². The number of imide groups is 1. The molecule has 0 aromatic heterocycles. The molecule has 21 N–H and O–H groups in total. The normalized spacial score (nSPS) is 19.6. The average molecular weight is 1460 g/mol. The van der Waals surface area contributed by atoms with Gasteiger partial charge in [-0.15, -0.1) is 0 Å². The molecule has 1 saturated carbocycles. The van der Waals surface area contributed by atoms with E-state index in [4.69, 9.17) is 28.3 Å². The van der Waals surface area contributed by atoms with E-state index in [0.717, 1.165) is 4.90 Å². The van der Waals surface area contributed by atoms with Gasteiger partial charge in [0, 0.05) is 65.3 Å². The first kappa shape index (κ1) is 84.0. The number of aliphatic carboxylic acids is 4. The highest BCUT2D eigenvalue weighted by atomic mass is 16.4. The van der Waals surface area contributed by atoms with Crippen LogP contribution in [0.1, 0.15) is 124 Å². The van der Waals surface area contributed by atoms with E-state index in [9.17, 15) is 73.8 Å². The number of urea groups is 1. The van der Waals surface area contributed by atoms with Crippen LogP contribution in [0.25, 0.3) is 0 Å². The van der Waals surface area contributed by atoms with Crippen molar-refractivity contribution in [3.63, 3.8) is 0 Å². The second-order valence-corrected chi connectivity index (χ2v) is 28.4. The first-order chi connectivity index (χ1) is 48.5. The van der Waals surface area contributed by atoms with Crippen molar-refractivity contribution < 1.29 is 93.0 Å². The number of hydrogen-bond acceptors (Lipinski definition) is 19. The number of carbonyl (C=O) groups is 13. The van der Waals surface area contributed by atoms with Crippen LogP contribution in [-0.2, 0) is 59.2 Å². The van der Waals surface area contributed by atoms with Crippen molar-refractivity contribution in [1.82, 2.24) is 61.3 Å². The molecular weight excluding hydrogens is 1350 g/mol. The number of nitrogens with one attached hydrogen (secondary N) is 7. The summed E-state index contributed by atoms with van der Waals surface area (Å²) in [6, 6.07) is -6.34. The molecule has 3 saturated heterocycles. The summed E-state index contributed by atoms with van der Waals surface area (Å²) in [4.78, 5) is 189. The predicted molar refractivity (Wildman–Crippen MR) is 371 cm³/mol. The lowest BCUT2D eigenvalue weighted by atomic mass is 9.78. The Labute approximate surface area is 597 Å². The Bertz CT molecular complexity index is 3170.